The first-order valence-electron chi connectivity index (χ1n) is 5.13. The van der Waals surface area contributed by atoms with Gasteiger partial charge in [0.05, 0.1) is 24.3 Å². The summed E-state index contributed by atoms with van der Waals surface area (Å²) in [5.74, 6) is -0.108. The van der Waals surface area contributed by atoms with Gasteiger partial charge in [0.25, 0.3) is 0 Å². The summed E-state index contributed by atoms with van der Waals surface area (Å²) in [5, 5.41) is 0. The number of rotatable bonds is 1. The van der Waals surface area contributed by atoms with Crippen LogP contribution < -0.4 is 0 Å². The average Bonchev–Trinajstić information content (AvgIpc) is 2.78. The number of imidazole rings is 1. The van der Waals surface area contributed by atoms with Crippen molar-refractivity contribution in [1.29, 1.82) is 0 Å². The summed E-state index contributed by atoms with van der Waals surface area (Å²) in [6, 6.07) is 5.35. The monoisotopic (exact) mass is 202 g/mol. The van der Waals surface area contributed by atoms with Gasteiger partial charge in [0.1, 0.15) is 5.82 Å². The molecule has 0 fully saturated rings. The molecule has 1 aliphatic heterocycles. The predicted octanol–water partition coefficient (Wildman–Crippen LogP) is 3.00. The molecule has 0 saturated carbocycles. The second kappa shape index (κ2) is 2.92. The lowest BCUT2D eigenvalue weighted by molar-refractivity contribution is 0.540. The summed E-state index contributed by atoms with van der Waals surface area (Å²) in [7, 11) is 0. The van der Waals surface area contributed by atoms with Gasteiger partial charge in [-0.2, -0.15) is 0 Å². The van der Waals surface area contributed by atoms with Crippen molar-refractivity contribution in [3.63, 3.8) is 0 Å². The Hall–Kier alpha value is -1.64. The highest BCUT2D eigenvalue weighted by Gasteiger charge is 2.29. The summed E-state index contributed by atoms with van der Waals surface area (Å²) < 4.78 is 15.8. The van der Waals surface area contributed by atoms with Gasteiger partial charge in [-0.3, -0.25) is 0 Å². The van der Waals surface area contributed by atoms with Crippen LogP contribution in [0.5, 0.6) is 0 Å². The number of hydrogen-bond donors (Lipinski definition) is 0. The van der Waals surface area contributed by atoms with E-state index in [-0.39, 0.29) is 11.9 Å². The first-order chi connectivity index (χ1) is 7.33. The first-order valence-corrected chi connectivity index (χ1v) is 5.13. The summed E-state index contributed by atoms with van der Waals surface area (Å²) in [6.07, 6.45) is 4.47. The normalized spacial score (nSPS) is 17.6. The topological polar surface area (TPSA) is 17.8 Å². The molecular weight excluding hydrogens is 191 g/mol. The molecule has 2 nitrogen and oxygen atoms in total. The van der Waals surface area contributed by atoms with Gasteiger partial charge in [0.2, 0.25) is 0 Å². The fourth-order valence-electron chi connectivity index (χ4n) is 2.40. The molecule has 0 aliphatic carbocycles. The van der Waals surface area contributed by atoms with Gasteiger partial charge in [-0.15, -0.1) is 0 Å². The van der Waals surface area contributed by atoms with Crippen LogP contribution in [0.3, 0.4) is 0 Å². The lowest BCUT2D eigenvalue weighted by Gasteiger charge is -2.11. The van der Waals surface area contributed by atoms with Crippen LogP contribution in [0.25, 0.3) is 11.3 Å². The maximum Gasteiger partial charge on any atom is 0.129 e. The molecule has 0 saturated heterocycles. The van der Waals surface area contributed by atoms with Gasteiger partial charge in [-0.1, -0.05) is 19.1 Å². The molecule has 2 heterocycles. The maximum atomic E-state index is 13.7. The largest absolute Gasteiger partial charge is 0.323 e. The Morgan fingerprint density at radius 2 is 2.33 bits per heavy atom. The smallest absolute Gasteiger partial charge is 0.129 e. The summed E-state index contributed by atoms with van der Waals surface area (Å²) >= 11 is 0. The number of aromatic nitrogens is 2. The van der Waals surface area contributed by atoms with E-state index in [9.17, 15) is 4.39 Å². The van der Waals surface area contributed by atoms with Gasteiger partial charge in [0, 0.05) is 11.1 Å². The Kier molecular flexibility index (Phi) is 1.69. The van der Waals surface area contributed by atoms with E-state index in [1.807, 2.05) is 10.6 Å². The molecule has 0 bridgehead atoms. The minimum atomic E-state index is -0.108. The highest BCUT2D eigenvalue weighted by atomic mass is 19.1. The fourth-order valence-corrected chi connectivity index (χ4v) is 2.40. The molecule has 15 heavy (non-hydrogen) atoms. The minimum Gasteiger partial charge on any atom is -0.323 e. The van der Waals surface area contributed by atoms with E-state index in [1.54, 1.807) is 18.6 Å². The van der Waals surface area contributed by atoms with Gasteiger partial charge in [-0.25, -0.2) is 9.37 Å². The van der Waals surface area contributed by atoms with E-state index in [1.165, 1.54) is 6.07 Å². The van der Waals surface area contributed by atoms with Crippen molar-refractivity contribution in [2.45, 2.75) is 19.4 Å². The fraction of sp³-hybridized carbons (Fsp3) is 0.250. The highest BCUT2D eigenvalue weighted by molar-refractivity contribution is 5.69. The molecule has 3 heteroatoms. The number of hydrogen-bond acceptors (Lipinski definition) is 1. The van der Waals surface area contributed by atoms with Gasteiger partial charge in [0.15, 0.2) is 0 Å². The molecule has 0 radical (unpaired) electrons. The van der Waals surface area contributed by atoms with Crippen LogP contribution in [0.1, 0.15) is 24.9 Å². The number of fused-ring (bicyclic) bond motifs is 3. The summed E-state index contributed by atoms with van der Waals surface area (Å²) in [4.78, 5) is 4.11. The molecule has 1 atom stereocenters. The Morgan fingerprint density at radius 1 is 1.47 bits per heavy atom. The molecule has 2 aromatic rings. The van der Waals surface area contributed by atoms with Gasteiger partial charge in [-0.05, 0) is 12.5 Å². The van der Waals surface area contributed by atoms with Crippen LogP contribution in [-0.4, -0.2) is 9.55 Å². The third-order valence-electron chi connectivity index (χ3n) is 3.05. The zero-order chi connectivity index (χ0) is 10.4. The van der Waals surface area contributed by atoms with Crippen molar-refractivity contribution in [3.8, 4) is 11.3 Å². The minimum absolute atomic E-state index is 0.108. The van der Waals surface area contributed by atoms with Crippen LogP contribution in [0.2, 0.25) is 0 Å². The standard InChI is InChI=1S/C12H11FN2/c1-2-10-12-8(4-3-5-9(12)13)11-6-14-7-15(10)11/h3-7,10H,2H2,1H3. The van der Waals surface area contributed by atoms with E-state index in [2.05, 4.69) is 11.9 Å². The van der Waals surface area contributed by atoms with Crippen molar-refractivity contribution >= 4 is 0 Å². The third kappa shape index (κ3) is 1.00. The molecule has 0 N–H and O–H groups in total. The van der Waals surface area contributed by atoms with E-state index in [0.717, 1.165) is 23.2 Å². The van der Waals surface area contributed by atoms with E-state index in [4.69, 9.17) is 0 Å². The molecule has 0 amide bonds. The Bertz CT molecular complexity index is 516. The van der Waals surface area contributed by atoms with Gasteiger partial charge >= 0.3 is 0 Å². The predicted molar refractivity (Wildman–Crippen MR) is 56.1 cm³/mol. The van der Waals surface area contributed by atoms with Crippen molar-refractivity contribution in [2.24, 2.45) is 0 Å². The van der Waals surface area contributed by atoms with Crippen LogP contribution in [0, 0.1) is 5.82 Å². The number of halogens is 1. The molecule has 76 valence electrons. The highest BCUT2D eigenvalue weighted by Crippen LogP contribution is 2.41. The molecule has 3 rings (SSSR count). The number of nitrogens with zero attached hydrogens (tertiary/aromatic N) is 2. The molecular formula is C12H11FN2. The van der Waals surface area contributed by atoms with Crippen LogP contribution in [0.4, 0.5) is 4.39 Å². The summed E-state index contributed by atoms with van der Waals surface area (Å²) in [5.41, 5.74) is 2.83. The zero-order valence-electron chi connectivity index (χ0n) is 8.44. The van der Waals surface area contributed by atoms with E-state index < -0.39 is 0 Å². The van der Waals surface area contributed by atoms with Gasteiger partial charge < -0.3 is 4.57 Å². The van der Waals surface area contributed by atoms with Crippen LogP contribution in [0.15, 0.2) is 30.7 Å². The Labute approximate surface area is 87.4 Å². The molecule has 1 aliphatic rings. The Morgan fingerprint density at radius 3 is 3.13 bits per heavy atom. The molecule has 1 aromatic carbocycles. The van der Waals surface area contributed by atoms with Crippen molar-refractivity contribution in [3.05, 3.63) is 42.1 Å². The van der Waals surface area contributed by atoms with Crippen molar-refractivity contribution < 1.29 is 4.39 Å². The molecule has 0 spiro atoms. The summed E-state index contributed by atoms with van der Waals surface area (Å²) in [6.45, 7) is 2.07. The van der Waals surface area contributed by atoms with Crippen LogP contribution in [-0.2, 0) is 0 Å². The SMILES string of the molecule is CCC1c2c(F)cccc2-c2cncn21. The van der Waals surface area contributed by atoms with Crippen LogP contribution >= 0.6 is 0 Å². The average molecular weight is 202 g/mol. The maximum absolute atomic E-state index is 13.7. The lowest BCUT2D eigenvalue weighted by atomic mass is 10.0. The third-order valence-corrected chi connectivity index (χ3v) is 3.05. The first kappa shape index (κ1) is 8.65. The second-order valence-electron chi connectivity index (χ2n) is 3.81. The molecule has 1 aromatic heterocycles. The zero-order valence-corrected chi connectivity index (χ0v) is 8.44. The van der Waals surface area contributed by atoms with Crippen molar-refractivity contribution in [1.82, 2.24) is 9.55 Å². The second-order valence-corrected chi connectivity index (χ2v) is 3.81. The quantitative estimate of drug-likeness (QED) is 0.695. The number of benzene rings is 1. The molecule has 1 unspecified atom stereocenters. The van der Waals surface area contributed by atoms with Crippen molar-refractivity contribution in [2.75, 3.05) is 0 Å². The Balaban J connectivity index is 2.33. The van der Waals surface area contributed by atoms with E-state index in [0.29, 0.717) is 0 Å². The van der Waals surface area contributed by atoms with E-state index >= 15 is 0 Å². The lowest BCUT2D eigenvalue weighted by Crippen LogP contribution is -2.04.